The van der Waals surface area contributed by atoms with Crippen LogP contribution in [0, 0.1) is 12.7 Å². The predicted molar refractivity (Wildman–Crippen MR) is 110 cm³/mol. The van der Waals surface area contributed by atoms with Crippen molar-refractivity contribution in [2.45, 2.75) is 39.8 Å². The zero-order valence-electron chi connectivity index (χ0n) is 16.7. The third kappa shape index (κ3) is 4.89. The molecule has 3 aromatic rings. The summed E-state index contributed by atoms with van der Waals surface area (Å²) in [6.07, 6.45) is 3.39. The molecule has 1 aromatic carbocycles. The number of nitrogens with one attached hydrogen (secondary N) is 1. The first-order valence-electron chi connectivity index (χ1n) is 9.73. The van der Waals surface area contributed by atoms with Gasteiger partial charge in [0, 0.05) is 31.5 Å². The lowest BCUT2D eigenvalue weighted by Gasteiger charge is -2.11. The van der Waals surface area contributed by atoms with Crippen LogP contribution in [0.15, 0.2) is 30.5 Å². The standard InChI is InChI=1S/C21H26FN5O2/c1-3-29-13-17-26-18-19(14(2)12-25-20(18)23)27(17)11-5-4-10-24-21(28)15-6-8-16(22)9-7-15/h6-9,12H,3-5,10-11,13H2,1-2H3,(H2,23,25)(H,24,28). The van der Waals surface area contributed by atoms with Gasteiger partial charge in [-0.05, 0) is 56.5 Å². The summed E-state index contributed by atoms with van der Waals surface area (Å²) in [5.74, 6) is 0.668. The predicted octanol–water partition coefficient (Wildman–Crippen LogP) is 3.21. The van der Waals surface area contributed by atoms with Gasteiger partial charge in [0.05, 0.1) is 5.52 Å². The molecule has 154 valence electrons. The number of aromatic nitrogens is 3. The molecule has 1 amide bonds. The minimum absolute atomic E-state index is 0.204. The Labute approximate surface area is 169 Å². The SMILES string of the molecule is CCOCc1nc2c(N)ncc(C)c2n1CCCCNC(=O)c1ccc(F)cc1. The highest BCUT2D eigenvalue weighted by Crippen LogP contribution is 2.24. The Morgan fingerprint density at radius 3 is 2.76 bits per heavy atom. The van der Waals surface area contributed by atoms with Gasteiger partial charge >= 0.3 is 0 Å². The average molecular weight is 399 g/mol. The Morgan fingerprint density at radius 2 is 2.03 bits per heavy atom. The number of hydrogen-bond acceptors (Lipinski definition) is 5. The van der Waals surface area contributed by atoms with E-state index in [0.717, 1.165) is 36.3 Å². The van der Waals surface area contributed by atoms with Gasteiger partial charge in [-0.15, -0.1) is 0 Å². The molecule has 0 aliphatic carbocycles. The first-order chi connectivity index (χ1) is 14.0. The van der Waals surface area contributed by atoms with E-state index in [4.69, 9.17) is 10.5 Å². The first-order valence-corrected chi connectivity index (χ1v) is 9.73. The molecule has 0 saturated heterocycles. The molecule has 0 radical (unpaired) electrons. The minimum Gasteiger partial charge on any atom is -0.382 e. The maximum Gasteiger partial charge on any atom is 0.251 e. The van der Waals surface area contributed by atoms with Crippen LogP contribution < -0.4 is 11.1 Å². The second-order valence-electron chi connectivity index (χ2n) is 6.81. The number of nitrogen functional groups attached to an aromatic ring is 1. The monoisotopic (exact) mass is 399 g/mol. The van der Waals surface area contributed by atoms with Crippen LogP contribution in [-0.2, 0) is 17.9 Å². The third-order valence-electron chi connectivity index (χ3n) is 4.70. The van der Waals surface area contributed by atoms with Crippen molar-refractivity contribution in [3.05, 3.63) is 53.2 Å². The van der Waals surface area contributed by atoms with E-state index in [9.17, 15) is 9.18 Å². The molecule has 7 nitrogen and oxygen atoms in total. The Hall–Kier alpha value is -3.00. The summed E-state index contributed by atoms with van der Waals surface area (Å²) in [4.78, 5) is 20.9. The lowest BCUT2D eigenvalue weighted by Crippen LogP contribution is -2.24. The summed E-state index contributed by atoms with van der Waals surface area (Å²) < 4.78 is 20.6. The molecule has 0 bridgehead atoms. The van der Waals surface area contributed by atoms with Gasteiger partial charge in [0.2, 0.25) is 0 Å². The molecule has 0 saturated carbocycles. The van der Waals surface area contributed by atoms with E-state index in [1.54, 1.807) is 6.20 Å². The van der Waals surface area contributed by atoms with Crippen molar-refractivity contribution in [3.8, 4) is 0 Å². The summed E-state index contributed by atoms with van der Waals surface area (Å²) in [6, 6.07) is 5.51. The van der Waals surface area contributed by atoms with Gasteiger partial charge in [-0.25, -0.2) is 14.4 Å². The van der Waals surface area contributed by atoms with Crippen LogP contribution in [0.3, 0.4) is 0 Å². The number of imidazole rings is 1. The van der Waals surface area contributed by atoms with Gasteiger partial charge in [0.25, 0.3) is 5.91 Å². The van der Waals surface area contributed by atoms with Crippen molar-refractivity contribution in [2.75, 3.05) is 18.9 Å². The van der Waals surface area contributed by atoms with Gasteiger partial charge in [-0.3, -0.25) is 4.79 Å². The van der Waals surface area contributed by atoms with E-state index >= 15 is 0 Å². The second-order valence-corrected chi connectivity index (χ2v) is 6.81. The van der Waals surface area contributed by atoms with Gasteiger partial charge in [0.1, 0.15) is 23.8 Å². The van der Waals surface area contributed by atoms with E-state index < -0.39 is 0 Å². The minimum atomic E-state index is -0.358. The first kappa shape index (κ1) is 20.7. The van der Waals surface area contributed by atoms with Gasteiger partial charge < -0.3 is 20.4 Å². The van der Waals surface area contributed by atoms with Gasteiger partial charge in [0.15, 0.2) is 5.82 Å². The summed E-state index contributed by atoms with van der Waals surface area (Å²) in [5.41, 5.74) is 9.14. The van der Waals surface area contributed by atoms with Crippen LogP contribution in [-0.4, -0.2) is 33.6 Å². The van der Waals surface area contributed by atoms with Crippen molar-refractivity contribution in [3.63, 3.8) is 0 Å². The number of aryl methyl sites for hydroxylation is 2. The molecule has 0 aliphatic rings. The number of carbonyl (C=O) groups is 1. The average Bonchev–Trinajstić information content (AvgIpc) is 3.09. The summed E-state index contributed by atoms with van der Waals surface area (Å²) in [5, 5.41) is 2.86. The number of rotatable bonds is 9. The lowest BCUT2D eigenvalue weighted by molar-refractivity contribution is 0.0953. The summed E-state index contributed by atoms with van der Waals surface area (Å²) in [7, 11) is 0. The van der Waals surface area contributed by atoms with Crippen LogP contribution in [0.1, 0.15) is 41.5 Å². The molecule has 0 unspecified atom stereocenters. The number of nitrogens with zero attached hydrogens (tertiary/aromatic N) is 3. The van der Waals surface area contributed by atoms with Crippen molar-refractivity contribution in [2.24, 2.45) is 0 Å². The number of fused-ring (bicyclic) bond motifs is 1. The van der Waals surface area contributed by atoms with E-state index in [-0.39, 0.29) is 11.7 Å². The number of pyridine rings is 1. The van der Waals surface area contributed by atoms with Crippen LogP contribution >= 0.6 is 0 Å². The molecule has 2 aromatic heterocycles. The number of ether oxygens (including phenoxy) is 1. The number of unbranched alkanes of at least 4 members (excludes halogenated alkanes) is 1. The zero-order chi connectivity index (χ0) is 20.8. The normalized spacial score (nSPS) is 11.1. The quantitative estimate of drug-likeness (QED) is 0.539. The largest absolute Gasteiger partial charge is 0.382 e. The number of carbonyl (C=O) groups excluding carboxylic acids is 1. The Kier molecular flexibility index (Phi) is 6.77. The fraction of sp³-hybridized carbons (Fsp3) is 0.381. The van der Waals surface area contributed by atoms with E-state index in [0.29, 0.717) is 36.7 Å². The molecule has 3 rings (SSSR count). The number of anilines is 1. The van der Waals surface area contributed by atoms with Crippen LogP contribution in [0.4, 0.5) is 10.2 Å². The highest BCUT2D eigenvalue weighted by atomic mass is 19.1. The van der Waals surface area contributed by atoms with E-state index in [1.165, 1.54) is 24.3 Å². The van der Waals surface area contributed by atoms with Crippen LogP contribution in [0.25, 0.3) is 11.0 Å². The fourth-order valence-electron chi connectivity index (χ4n) is 3.21. The zero-order valence-corrected chi connectivity index (χ0v) is 16.7. The number of amides is 1. The highest BCUT2D eigenvalue weighted by Gasteiger charge is 2.15. The molecular formula is C21H26FN5O2. The Morgan fingerprint density at radius 1 is 1.28 bits per heavy atom. The molecule has 0 aliphatic heterocycles. The molecule has 0 fully saturated rings. The topological polar surface area (TPSA) is 95.1 Å². The smallest absolute Gasteiger partial charge is 0.251 e. The van der Waals surface area contributed by atoms with E-state index in [2.05, 4.69) is 19.9 Å². The maximum absolute atomic E-state index is 13.0. The number of halogens is 1. The molecule has 29 heavy (non-hydrogen) atoms. The van der Waals surface area contributed by atoms with Gasteiger partial charge in [-0.1, -0.05) is 0 Å². The van der Waals surface area contributed by atoms with E-state index in [1.807, 2.05) is 13.8 Å². The Bertz CT molecular complexity index is 985. The third-order valence-corrected chi connectivity index (χ3v) is 4.70. The van der Waals surface area contributed by atoms with Crippen LogP contribution in [0.2, 0.25) is 0 Å². The molecule has 0 atom stereocenters. The fourth-order valence-corrected chi connectivity index (χ4v) is 3.21. The number of nitrogens with two attached hydrogens (primary N) is 1. The summed E-state index contributed by atoms with van der Waals surface area (Å²) >= 11 is 0. The molecule has 2 heterocycles. The van der Waals surface area contributed by atoms with Crippen molar-refractivity contribution in [1.82, 2.24) is 19.9 Å². The van der Waals surface area contributed by atoms with Gasteiger partial charge in [-0.2, -0.15) is 0 Å². The van der Waals surface area contributed by atoms with Crippen molar-refractivity contribution < 1.29 is 13.9 Å². The molecule has 0 spiro atoms. The maximum atomic E-state index is 13.0. The highest BCUT2D eigenvalue weighted by molar-refractivity contribution is 5.94. The second kappa shape index (κ2) is 9.47. The molecular weight excluding hydrogens is 373 g/mol. The number of hydrogen-bond donors (Lipinski definition) is 2. The Balaban J connectivity index is 1.61. The van der Waals surface area contributed by atoms with Crippen molar-refractivity contribution in [1.29, 1.82) is 0 Å². The van der Waals surface area contributed by atoms with Crippen molar-refractivity contribution >= 4 is 22.8 Å². The lowest BCUT2D eigenvalue weighted by atomic mass is 10.2. The molecule has 8 heteroatoms. The summed E-state index contributed by atoms with van der Waals surface area (Å²) in [6.45, 7) is 6.21. The molecule has 3 N–H and O–H groups in total. The number of benzene rings is 1. The van der Waals surface area contributed by atoms with Crippen LogP contribution in [0.5, 0.6) is 0 Å².